The van der Waals surface area contributed by atoms with Gasteiger partial charge in [0, 0.05) is 25.2 Å². The first-order valence-corrected chi connectivity index (χ1v) is 11.4. The number of allylic oxidation sites excluding steroid dienone is 1. The zero-order valence-electron chi connectivity index (χ0n) is 17.9. The van der Waals surface area contributed by atoms with Crippen LogP contribution < -0.4 is 0 Å². The molecule has 0 amide bonds. The van der Waals surface area contributed by atoms with Gasteiger partial charge in [0.1, 0.15) is 6.10 Å². The fourth-order valence-electron chi connectivity index (χ4n) is 8.13. The second-order valence-electron chi connectivity index (χ2n) is 10.7. The van der Waals surface area contributed by atoms with Crippen LogP contribution in [0, 0.1) is 28.6 Å². The molecular weight excluding hydrogens is 368 g/mol. The molecule has 5 unspecified atom stereocenters. The van der Waals surface area contributed by atoms with E-state index in [4.69, 9.17) is 9.47 Å². The number of rotatable bonds is 1. The number of aliphatic hydroxyl groups is 1. The van der Waals surface area contributed by atoms with Crippen LogP contribution in [0.4, 0.5) is 0 Å². The molecule has 160 valence electrons. The van der Waals surface area contributed by atoms with E-state index in [0.717, 1.165) is 44.9 Å². The fraction of sp³-hybridized carbons (Fsp3) is 0.833. The van der Waals surface area contributed by atoms with E-state index >= 15 is 0 Å². The Bertz CT molecular complexity index is 773. The van der Waals surface area contributed by atoms with Gasteiger partial charge in [0.25, 0.3) is 0 Å². The van der Waals surface area contributed by atoms with Crippen molar-refractivity contribution in [2.24, 2.45) is 28.6 Å². The van der Waals surface area contributed by atoms with Gasteiger partial charge in [0.05, 0.1) is 12.7 Å². The lowest BCUT2D eigenvalue weighted by Crippen LogP contribution is -2.62. The summed E-state index contributed by atoms with van der Waals surface area (Å²) < 4.78 is 11.5. The second-order valence-corrected chi connectivity index (χ2v) is 10.7. The molecule has 3 saturated carbocycles. The Morgan fingerprint density at radius 3 is 2.79 bits per heavy atom. The second kappa shape index (κ2) is 6.40. The normalized spacial score (nSPS) is 51.2. The summed E-state index contributed by atoms with van der Waals surface area (Å²) in [5, 5.41) is 11.6. The standard InChI is InChI=1S/C24H34O5/c1-14(25)29-16-6-9-22(2)15(12-16)4-5-17-18(22)7-10-23(3)19(17)13-21-24(23,27)20(26)8-11-28-21/h4,16-19,21,27H,5-13H2,1-3H3/t16?,17?,18?,19?,21?,22-,23-,24+/m0/s1. The van der Waals surface area contributed by atoms with Crippen molar-refractivity contribution in [1.82, 2.24) is 0 Å². The van der Waals surface area contributed by atoms with Crippen molar-refractivity contribution in [2.45, 2.75) is 89.9 Å². The minimum atomic E-state index is -1.31. The quantitative estimate of drug-likeness (QED) is 0.536. The topological polar surface area (TPSA) is 72.8 Å². The van der Waals surface area contributed by atoms with E-state index in [1.54, 1.807) is 0 Å². The van der Waals surface area contributed by atoms with Crippen LogP contribution in [0.25, 0.3) is 0 Å². The smallest absolute Gasteiger partial charge is 0.302 e. The number of ketones is 1. The van der Waals surface area contributed by atoms with Crippen molar-refractivity contribution in [3.05, 3.63) is 11.6 Å². The molecule has 4 fully saturated rings. The first kappa shape index (κ1) is 19.7. The molecule has 0 aromatic heterocycles. The molecule has 0 bridgehead atoms. The van der Waals surface area contributed by atoms with Crippen LogP contribution in [0.15, 0.2) is 11.6 Å². The number of hydrogen-bond acceptors (Lipinski definition) is 5. The van der Waals surface area contributed by atoms with Crippen molar-refractivity contribution >= 4 is 11.8 Å². The molecule has 4 aliphatic carbocycles. The van der Waals surface area contributed by atoms with Crippen LogP contribution >= 0.6 is 0 Å². The number of hydrogen-bond donors (Lipinski definition) is 1. The van der Waals surface area contributed by atoms with E-state index in [9.17, 15) is 14.7 Å². The lowest BCUT2D eigenvalue weighted by atomic mass is 9.46. The van der Waals surface area contributed by atoms with Gasteiger partial charge in [0.15, 0.2) is 11.4 Å². The molecule has 0 aromatic carbocycles. The number of ether oxygens (including phenoxy) is 2. The largest absolute Gasteiger partial charge is 0.462 e. The van der Waals surface area contributed by atoms with Crippen LogP contribution in [0.5, 0.6) is 0 Å². The number of esters is 1. The van der Waals surface area contributed by atoms with Crippen molar-refractivity contribution in [1.29, 1.82) is 0 Å². The van der Waals surface area contributed by atoms with Gasteiger partial charge in [-0.1, -0.05) is 25.5 Å². The predicted octanol–water partition coefficient (Wildman–Crippen LogP) is 3.58. The van der Waals surface area contributed by atoms with Crippen molar-refractivity contribution in [3.63, 3.8) is 0 Å². The molecule has 5 rings (SSSR count). The van der Waals surface area contributed by atoms with Crippen LogP contribution in [-0.2, 0) is 19.1 Å². The molecule has 1 saturated heterocycles. The lowest BCUT2D eigenvalue weighted by molar-refractivity contribution is -0.193. The zero-order valence-corrected chi connectivity index (χ0v) is 17.9. The highest BCUT2D eigenvalue weighted by atomic mass is 16.5. The number of Topliss-reactive ketones (excluding diaryl/α,β-unsaturated/α-hetero) is 1. The monoisotopic (exact) mass is 402 g/mol. The molecular formula is C24H34O5. The predicted molar refractivity (Wildman–Crippen MR) is 107 cm³/mol. The number of fused-ring (bicyclic) bond motifs is 7. The van der Waals surface area contributed by atoms with E-state index in [1.165, 1.54) is 12.5 Å². The highest BCUT2D eigenvalue weighted by molar-refractivity contribution is 5.90. The van der Waals surface area contributed by atoms with Gasteiger partial charge in [-0.3, -0.25) is 9.59 Å². The first-order chi connectivity index (χ1) is 13.7. The van der Waals surface area contributed by atoms with Crippen LogP contribution in [0.1, 0.15) is 72.1 Å². The molecule has 0 aromatic rings. The Morgan fingerprint density at radius 2 is 2.03 bits per heavy atom. The molecule has 5 nitrogen and oxygen atoms in total. The molecule has 0 radical (unpaired) electrons. The number of carbonyl (C=O) groups excluding carboxylic acids is 2. The molecule has 1 heterocycles. The molecule has 8 atom stereocenters. The van der Waals surface area contributed by atoms with Gasteiger partial charge in [-0.05, 0) is 61.7 Å². The molecule has 0 spiro atoms. The Kier molecular flexibility index (Phi) is 4.36. The average molecular weight is 403 g/mol. The Morgan fingerprint density at radius 1 is 1.24 bits per heavy atom. The van der Waals surface area contributed by atoms with Gasteiger partial charge in [-0.2, -0.15) is 0 Å². The number of carbonyl (C=O) groups is 2. The van der Waals surface area contributed by atoms with Crippen molar-refractivity contribution < 1.29 is 24.2 Å². The maximum Gasteiger partial charge on any atom is 0.302 e. The maximum atomic E-state index is 12.8. The van der Waals surface area contributed by atoms with Gasteiger partial charge >= 0.3 is 5.97 Å². The molecule has 1 aliphatic heterocycles. The SMILES string of the molecule is CC(=O)OC1CC[C@@]2(C)C(=CCC3C2CC[C@@]2(C)C3CC3OCCC(=O)[C@@]32O)C1. The summed E-state index contributed by atoms with van der Waals surface area (Å²) in [5.41, 5.74) is -0.0882. The van der Waals surface area contributed by atoms with Gasteiger partial charge in [-0.25, -0.2) is 0 Å². The highest BCUT2D eigenvalue weighted by Crippen LogP contribution is 2.68. The van der Waals surface area contributed by atoms with Gasteiger partial charge < -0.3 is 14.6 Å². The van der Waals surface area contributed by atoms with Gasteiger partial charge in [-0.15, -0.1) is 0 Å². The van der Waals surface area contributed by atoms with Gasteiger partial charge in [0.2, 0.25) is 0 Å². The summed E-state index contributed by atoms with van der Waals surface area (Å²) in [6.45, 7) is 6.50. The van der Waals surface area contributed by atoms with E-state index in [1.807, 2.05) is 0 Å². The zero-order chi connectivity index (χ0) is 20.6. The minimum absolute atomic E-state index is 0.00246. The summed E-state index contributed by atoms with van der Waals surface area (Å²) in [6, 6.07) is 0. The van der Waals surface area contributed by atoms with Crippen molar-refractivity contribution in [3.8, 4) is 0 Å². The average Bonchev–Trinajstić information content (AvgIpc) is 2.91. The molecule has 1 N–H and O–H groups in total. The van der Waals surface area contributed by atoms with E-state index in [0.29, 0.717) is 30.8 Å². The third-order valence-corrected chi connectivity index (χ3v) is 9.66. The molecule has 5 heteroatoms. The maximum absolute atomic E-state index is 12.8. The third kappa shape index (κ3) is 2.52. The Labute approximate surface area is 173 Å². The summed E-state index contributed by atoms with van der Waals surface area (Å²) in [5.74, 6) is 1.18. The Hall–Kier alpha value is -1.20. The van der Waals surface area contributed by atoms with E-state index < -0.39 is 5.60 Å². The summed E-state index contributed by atoms with van der Waals surface area (Å²) in [4.78, 5) is 24.3. The Balaban J connectivity index is 1.45. The highest BCUT2D eigenvalue weighted by Gasteiger charge is 2.70. The minimum Gasteiger partial charge on any atom is -0.462 e. The van der Waals surface area contributed by atoms with E-state index in [2.05, 4.69) is 19.9 Å². The van der Waals surface area contributed by atoms with Crippen LogP contribution in [0.2, 0.25) is 0 Å². The van der Waals surface area contributed by atoms with Crippen molar-refractivity contribution in [2.75, 3.05) is 6.61 Å². The summed E-state index contributed by atoms with van der Waals surface area (Å²) in [7, 11) is 0. The lowest BCUT2D eigenvalue weighted by Gasteiger charge is -2.58. The third-order valence-electron chi connectivity index (χ3n) is 9.66. The summed E-state index contributed by atoms with van der Waals surface area (Å²) >= 11 is 0. The molecule has 29 heavy (non-hydrogen) atoms. The summed E-state index contributed by atoms with van der Waals surface area (Å²) in [6.07, 6.45) is 8.97. The van der Waals surface area contributed by atoms with E-state index in [-0.39, 0.29) is 34.8 Å². The first-order valence-electron chi connectivity index (χ1n) is 11.4. The molecule has 5 aliphatic rings. The van der Waals surface area contributed by atoms with Crippen LogP contribution in [0.3, 0.4) is 0 Å². The van der Waals surface area contributed by atoms with Crippen LogP contribution in [-0.4, -0.2) is 41.3 Å². The fourth-order valence-corrected chi connectivity index (χ4v) is 8.13.